The van der Waals surface area contributed by atoms with Crippen molar-refractivity contribution in [1.82, 2.24) is 0 Å². The summed E-state index contributed by atoms with van der Waals surface area (Å²) in [5.41, 5.74) is 1.51. The van der Waals surface area contributed by atoms with Crippen LogP contribution in [0.5, 0.6) is 17.2 Å². The van der Waals surface area contributed by atoms with Gasteiger partial charge in [0.15, 0.2) is 11.5 Å². The Kier molecular flexibility index (Phi) is 6.46. The van der Waals surface area contributed by atoms with Crippen LogP contribution in [0.2, 0.25) is 0 Å². The van der Waals surface area contributed by atoms with Gasteiger partial charge in [-0.05, 0) is 55.3 Å². The van der Waals surface area contributed by atoms with E-state index >= 15 is 0 Å². The molecule has 2 aromatic carbocycles. The summed E-state index contributed by atoms with van der Waals surface area (Å²) in [5, 5.41) is 9.57. The van der Waals surface area contributed by atoms with Crippen LogP contribution in [0.1, 0.15) is 25.0 Å². The standard InChI is InChI=1S/C20H22O5/c1-4-24-18-11-6-14(13-19(18)25-5-2)12-17(20(21)22)15-7-9-16(23-3)10-8-15/h6-13H,4-5H2,1-3H3,(H,21,22)/b17-12+. The molecule has 2 rings (SSSR count). The van der Waals surface area contributed by atoms with Gasteiger partial charge in [0, 0.05) is 0 Å². The molecular weight excluding hydrogens is 320 g/mol. The van der Waals surface area contributed by atoms with Gasteiger partial charge in [-0.25, -0.2) is 4.79 Å². The zero-order valence-electron chi connectivity index (χ0n) is 14.6. The van der Waals surface area contributed by atoms with Gasteiger partial charge >= 0.3 is 5.97 Å². The molecule has 5 nitrogen and oxygen atoms in total. The molecule has 0 unspecified atom stereocenters. The third kappa shape index (κ3) is 4.76. The lowest BCUT2D eigenvalue weighted by Crippen LogP contribution is -2.01. The van der Waals surface area contributed by atoms with Crippen LogP contribution in [0.4, 0.5) is 0 Å². The molecule has 0 spiro atoms. The van der Waals surface area contributed by atoms with Crippen molar-refractivity contribution in [3.05, 3.63) is 53.6 Å². The van der Waals surface area contributed by atoms with Crippen molar-refractivity contribution in [3.8, 4) is 17.2 Å². The van der Waals surface area contributed by atoms with Gasteiger partial charge in [0.25, 0.3) is 0 Å². The van der Waals surface area contributed by atoms with Crippen LogP contribution in [-0.2, 0) is 4.79 Å². The second-order valence-corrected chi connectivity index (χ2v) is 5.16. The predicted molar refractivity (Wildman–Crippen MR) is 97.3 cm³/mol. The number of carboxylic acids is 1. The highest BCUT2D eigenvalue weighted by molar-refractivity contribution is 6.20. The van der Waals surface area contributed by atoms with Crippen molar-refractivity contribution >= 4 is 17.6 Å². The van der Waals surface area contributed by atoms with E-state index in [4.69, 9.17) is 14.2 Å². The highest BCUT2D eigenvalue weighted by Crippen LogP contribution is 2.30. The number of aliphatic carboxylic acids is 1. The first-order valence-electron chi connectivity index (χ1n) is 8.08. The van der Waals surface area contributed by atoms with Crippen LogP contribution in [0, 0.1) is 0 Å². The lowest BCUT2D eigenvalue weighted by atomic mass is 10.0. The lowest BCUT2D eigenvalue weighted by molar-refractivity contribution is -0.130. The second-order valence-electron chi connectivity index (χ2n) is 5.16. The molecule has 25 heavy (non-hydrogen) atoms. The van der Waals surface area contributed by atoms with E-state index in [0.717, 1.165) is 5.56 Å². The number of benzene rings is 2. The van der Waals surface area contributed by atoms with Crippen LogP contribution in [0.3, 0.4) is 0 Å². The fourth-order valence-corrected chi connectivity index (χ4v) is 2.36. The van der Waals surface area contributed by atoms with E-state index < -0.39 is 5.97 Å². The summed E-state index contributed by atoms with van der Waals surface area (Å²) in [4.78, 5) is 11.7. The third-order valence-corrected chi connectivity index (χ3v) is 3.51. The normalized spacial score (nSPS) is 11.1. The molecule has 0 heterocycles. The molecule has 0 aromatic heterocycles. The highest BCUT2D eigenvalue weighted by Gasteiger charge is 2.12. The monoisotopic (exact) mass is 342 g/mol. The second kappa shape index (κ2) is 8.78. The van der Waals surface area contributed by atoms with Gasteiger partial charge in [-0.1, -0.05) is 18.2 Å². The summed E-state index contributed by atoms with van der Waals surface area (Å²) in [6.07, 6.45) is 1.61. The van der Waals surface area contributed by atoms with Crippen molar-refractivity contribution < 1.29 is 24.1 Å². The first-order chi connectivity index (χ1) is 12.1. The molecule has 0 aliphatic heterocycles. The summed E-state index contributed by atoms with van der Waals surface area (Å²) in [6, 6.07) is 12.3. The van der Waals surface area contributed by atoms with E-state index in [2.05, 4.69) is 0 Å². The number of carboxylic acid groups (broad SMARTS) is 1. The average molecular weight is 342 g/mol. The Morgan fingerprint density at radius 3 is 2.20 bits per heavy atom. The van der Waals surface area contributed by atoms with Crippen LogP contribution in [0.15, 0.2) is 42.5 Å². The SMILES string of the molecule is CCOc1ccc(/C=C(/C(=O)O)c2ccc(OC)cc2)cc1OCC. The van der Waals surface area contributed by atoms with E-state index in [-0.39, 0.29) is 5.57 Å². The minimum Gasteiger partial charge on any atom is -0.497 e. The number of rotatable bonds is 8. The van der Waals surface area contributed by atoms with Gasteiger partial charge in [-0.3, -0.25) is 0 Å². The van der Waals surface area contributed by atoms with Crippen LogP contribution >= 0.6 is 0 Å². The minimum atomic E-state index is -1.00. The summed E-state index contributed by atoms with van der Waals surface area (Å²) >= 11 is 0. The Bertz CT molecular complexity index is 747. The molecule has 0 aliphatic rings. The van der Waals surface area contributed by atoms with Gasteiger partial charge in [0.2, 0.25) is 0 Å². The maximum Gasteiger partial charge on any atom is 0.336 e. The maximum absolute atomic E-state index is 11.7. The largest absolute Gasteiger partial charge is 0.497 e. The average Bonchev–Trinajstić information content (AvgIpc) is 2.62. The smallest absolute Gasteiger partial charge is 0.336 e. The van der Waals surface area contributed by atoms with Crippen LogP contribution in [-0.4, -0.2) is 31.4 Å². The van der Waals surface area contributed by atoms with Crippen molar-refractivity contribution in [3.63, 3.8) is 0 Å². The molecular formula is C20H22O5. The highest BCUT2D eigenvalue weighted by atomic mass is 16.5. The molecule has 0 radical (unpaired) electrons. The molecule has 5 heteroatoms. The quantitative estimate of drug-likeness (QED) is 0.577. The van der Waals surface area contributed by atoms with Crippen molar-refractivity contribution in [1.29, 1.82) is 0 Å². The van der Waals surface area contributed by atoms with E-state index in [1.54, 1.807) is 55.7 Å². The molecule has 0 amide bonds. The Morgan fingerprint density at radius 2 is 1.64 bits per heavy atom. The van der Waals surface area contributed by atoms with Crippen molar-refractivity contribution in [2.45, 2.75) is 13.8 Å². The molecule has 0 aliphatic carbocycles. The van der Waals surface area contributed by atoms with E-state index in [1.807, 2.05) is 13.8 Å². The maximum atomic E-state index is 11.7. The summed E-state index contributed by atoms with van der Waals surface area (Å²) in [7, 11) is 1.57. The third-order valence-electron chi connectivity index (χ3n) is 3.51. The van der Waals surface area contributed by atoms with E-state index in [9.17, 15) is 9.90 Å². The number of hydrogen-bond acceptors (Lipinski definition) is 4. The number of methoxy groups -OCH3 is 1. The van der Waals surface area contributed by atoms with Crippen LogP contribution in [0.25, 0.3) is 11.6 Å². The first kappa shape index (κ1) is 18.4. The molecule has 1 N–H and O–H groups in total. The number of ether oxygens (including phenoxy) is 3. The fraction of sp³-hybridized carbons (Fsp3) is 0.250. The Labute approximate surface area is 147 Å². The number of hydrogen-bond donors (Lipinski definition) is 1. The van der Waals surface area contributed by atoms with Crippen LogP contribution < -0.4 is 14.2 Å². The fourth-order valence-electron chi connectivity index (χ4n) is 2.36. The van der Waals surface area contributed by atoms with Gasteiger partial charge in [0.1, 0.15) is 5.75 Å². The summed E-state index contributed by atoms with van der Waals surface area (Å²) < 4.78 is 16.2. The predicted octanol–water partition coefficient (Wildman–Crippen LogP) is 4.12. The van der Waals surface area contributed by atoms with E-state index in [1.165, 1.54) is 0 Å². The summed E-state index contributed by atoms with van der Waals surface area (Å²) in [6.45, 7) is 4.81. The zero-order valence-corrected chi connectivity index (χ0v) is 14.6. The topological polar surface area (TPSA) is 65.0 Å². The Balaban J connectivity index is 2.42. The first-order valence-corrected chi connectivity index (χ1v) is 8.08. The Morgan fingerprint density at radius 1 is 1.00 bits per heavy atom. The molecule has 0 saturated carbocycles. The Hall–Kier alpha value is -2.95. The lowest BCUT2D eigenvalue weighted by Gasteiger charge is -2.12. The summed E-state index contributed by atoms with van der Waals surface area (Å²) in [5.74, 6) is 0.908. The zero-order chi connectivity index (χ0) is 18.2. The molecule has 132 valence electrons. The molecule has 0 atom stereocenters. The van der Waals surface area contributed by atoms with Gasteiger partial charge < -0.3 is 19.3 Å². The number of carbonyl (C=O) groups is 1. The van der Waals surface area contributed by atoms with Crippen molar-refractivity contribution in [2.24, 2.45) is 0 Å². The molecule has 0 bridgehead atoms. The van der Waals surface area contributed by atoms with Gasteiger partial charge in [-0.2, -0.15) is 0 Å². The molecule has 0 saturated heterocycles. The van der Waals surface area contributed by atoms with Gasteiger partial charge in [-0.15, -0.1) is 0 Å². The van der Waals surface area contributed by atoms with Crippen molar-refractivity contribution in [2.75, 3.05) is 20.3 Å². The minimum absolute atomic E-state index is 0.189. The molecule has 2 aromatic rings. The molecule has 0 fully saturated rings. The van der Waals surface area contributed by atoms with Gasteiger partial charge in [0.05, 0.1) is 25.9 Å². The van der Waals surface area contributed by atoms with E-state index in [0.29, 0.717) is 36.0 Å².